The molecule has 49 heavy (non-hydrogen) atoms. The number of anilines is 2. The minimum atomic E-state index is -0.603. The molecule has 2 aromatic carbocycles. The normalized spacial score (nSPS) is 17.0. The van der Waals surface area contributed by atoms with Gasteiger partial charge in [0.1, 0.15) is 17.0 Å². The standard InChI is InChI=1S/C37H40ClN5O6/c1-7-23-11-13-30(39-20-23)42(5)32(44)22-47-28-16-24(15-26-18-36(2,3)48-35(26)28)17-37(4)19-25-9-8-10-27(34(25)49-37)46-21-33(45)43(6)31-14-12-29(38)40-41-31/h8-16,20H,7,17-19,21-22H2,1-6H3. The Labute approximate surface area is 291 Å². The molecule has 6 rings (SSSR count). The SMILES string of the molecule is CCc1ccc(N(C)C(=O)COc2cc(CC3(C)Cc4cccc(OCC(=O)N(C)c5ccc(Cl)nn5)c4O3)cc3c2OC(C)(C)C3)nc1. The number of carbonyl (C=O) groups is 2. The zero-order chi connectivity index (χ0) is 34.9. The minimum absolute atomic E-state index is 0.175. The van der Waals surface area contributed by atoms with E-state index in [9.17, 15) is 9.59 Å². The van der Waals surface area contributed by atoms with E-state index in [0.29, 0.717) is 53.9 Å². The number of rotatable bonds is 11. The van der Waals surface area contributed by atoms with Gasteiger partial charge in [0.05, 0.1) is 0 Å². The summed E-state index contributed by atoms with van der Waals surface area (Å²) in [6.45, 7) is 7.79. The van der Waals surface area contributed by atoms with Crippen LogP contribution in [0.1, 0.15) is 49.9 Å². The molecule has 0 spiro atoms. The first-order valence-electron chi connectivity index (χ1n) is 16.2. The molecule has 4 heterocycles. The topological polar surface area (TPSA) is 116 Å². The Morgan fingerprint density at radius 3 is 2.18 bits per heavy atom. The molecule has 0 bridgehead atoms. The maximum absolute atomic E-state index is 13.1. The number of aromatic nitrogens is 3. The lowest BCUT2D eigenvalue weighted by molar-refractivity contribution is -0.121. The van der Waals surface area contributed by atoms with E-state index in [-0.39, 0.29) is 30.2 Å². The molecule has 1 atom stereocenters. The largest absolute Gasteiger partial charge is 0.483 e. The van der Waals surface area contributed by atoms with Gasteiger partial charge in [-0.05, 0) is 68.7 Å². The van der Waals surface area contributed by atoms with Gasteiger partial charge in [0, 0.05) is 50.7 Å². The third-order valence-corrected chi connectivity index (χ3v) is 8.91. The number of likely N-dealkylation sites (N-methyl/N-ethyl adjacent to an activating group) is 2. The highest BCUT2D eigenvalue weighted by atomic mass is 35.5. The first-order chi connectivity index (χ1) is 23.3. The monoisotopic (exact) mass is 685 g/mol. The molecule has 2 aromatic heterocycles. The van der Waals surface area contributed by atoms with Crippen LogP contribution in [0.25, 0.3) is 0 Å². The maximum Gasteiger partial charge on any atom is 0.265 e. The van der Waals surface area contributed by atoms with Gasteiger partial charge in [-0.3, -0.25) is 19.4 Å². The lowest BCUT2D eigenvalue weighted by Gasteiger charge is -2.25. The van der Waals surface area contributed by atoms with Gasteiger partial charge < -0.3 is 18.9 Å². The summed E-state index contributed by atoms with van der Waals surface area (Å²) in [6.07, 6.45) is 4.55. The Bertz CT molecular complexity index is 1870. The van der Waals surface area contributed by atoms with Crippen molar-refractivity contribution in [2.75, 3.05) is 37.1 Å². The predicted molar refractivity (Wildman–Crippen MR) is 186 cm³/mol. The third kappa shape index (κ3) is 7.57. The summed E-state index contributed by atoms with van der Waals surface area (Å²) >= 11 is 5.83. The van der Waals surface area contributed by atoms with Crippen molar-refractivity contribution in [1.82, 2.24) is 15.2 Å². The van der Waals surface area contributed by atoms with E-state index in [1.807, 2.05) is 44.2 Å². The van der Waals surface area contributed by atoms with E-state index in [0.717, 1.165) is 28.7 Å². The number of fused-ring (bicyclic) bond motifs is 2. The lowest BCUT2D eigenvalue weighted by atomic mass is 9.90. The second-order valence-corrected chi connectivity index (χ2v) is 13.7. The third-order valence-electron chi connectivity index (χ3n) is 8.71. The van der Waals surface area contributed by atoms with Gasteiger partial charge in [-0.15, -0.1) is 10.2 Å². The molecule has 2 aliphatic rings. The van der Waals surface area contributed by atoms with E-state index in [1.165, 1.54) is 9.80 Å². The van der Waals surface area contributed by atoms with Gasteiger partial charge in [-0.1, -0.05) is 42.8 Å². The van der Waals surface area contributed by atoms with Crippen LogP contribution < -0.4 is 28.7 Å². The molecule has 0 saturated carbocycles. The summed E-state index contributed by atoms with van der Waals surface area (Å²) in [5.41, 5.74) is 3.09. The van der Waals surface area contributed by atoms with E-state index >= 15 is 0 Å². The number of hydrogen-bond donors (Lipinski definition) is 0. The molecule has 0 radical (unpaired) electrons. The quantitative estimate of drug-likeness (QED) is 0.193. The fourth-order valence-corrected chi connectivity index (χ4v) is 6.24. The Kier molecular flexibility index (Phi) is 9.39. The van der Waals surface area contributed by atoms with Crippen molar-refractivity contribution in [1.29, 1.82) is 0 Å². The fraction of sp³-hybridized carbons (Fsp3) is 0.378. The number of pyridine rings is 1. The number of aryl methyl sites for hydroxylation is 1. The van der Waals surface area contributed by atoms with E-state index in [1.54, 1.807) is 38.5 Å². The molecule has 11 nitrogen and oxygen atoms in total. The van der Waals surface area contributed by atoms with Crippen molar-refractivity contribution in [2.45, 2.75) is 64.6 Å². The van der Waals surface area contributed by atoms with Crippen molar-refractivity contribution in [3.05, 3.63) is 88.2 Å². The molecule has 12 heteroatoms. The molecule has 256 valence electrons. The number of benzene rings is 2. The highest BCUT2D eigenvalue weighted by Crippen LogP contribution is 2.46. The van der Waals surface area contributed by atoms with Crippen molar-refractivity contribution < 1.29 is 28.5 Å². The van der Waals surface area contributed by atoms with Gasteiger partial charge in [-0.25, -0.2) is 4.98 Å². The summed E-state index contributed by atoms with van der Waals surface area (Å²) in [5.74, 6) is 2.66. The molecule has 0 N–H and O–H groups in total. The molecular weight excluding hydrogens is 646 g/mol. The first-order valence-corrected chi connectivity index (χ1v) is 16.6. The van der Waals surface area contributed by atoms with Crippen LogP contribution in [0.15, 0.2) is 60.8 Å². The second-order valence-electron chi connectivity index (χ2n) is 13.3. The first kappa shape index (κ1) is 34.0. The second kappa shape index (κ2) is 13.5. The molecule has 2 amide bonds. The lowest BCUT2D eigenvalue weighted by Crippen LogP contribution is -2.33. The van der Waals surface area contributed by atoms with Crippen molar-refractivity contribution >= 4 is 35.1 Å². The summed E-state index contributed by atoms with van der Waals surface area (Å²) in [5, 5.41) is 8.00. The van der Waals surface area contributed by atoms with Crippen LogP contribution in [0.4, 0.5) is 11.6 Å². The van der Waals surface area contributed by atoms with Crippen molar-refractivity contribution in [3.63, 3.8) is 0 Å². The van der Waals surface area contributed by atoms with E-state index in [2.05, 4.69) is 35.1 Å². The molecule has 1 unspecified atom stereocenters. The summed E-state index contributed by atoms with van der Waals surface area (Å²) < 4.78 is 25.0. The van der Waals surface area contributed by atoms with Crippen LogP contribution in [-0.4, -0.2) is 65.5 Å². The number of amides is 2. The molecule has 0 fully saturated rings. The number of ether oxygens (including phenoxy) is 4. The number of carbonyl (C=O) groups excluding carboxylic acids is 2. The smallest absolute Gasteiger partial charge is 0.265 e. The number of para-hydroxylation sites is 1. The van der Waals surface area contributed by atoms with Gasteiger partial charge in [0.2, 0.25) is 0 Å². The zero-order valence-electron chi connectivity index (χ0n) is 28.6. The Hall–Kier alpha value is -4.90. The maximum atomic E-state index is 13.1. The van der Waals surface area contributed by atoms with Crippen LogP contribution in [0.3, 0.4) is 0 Å². The van der Waals surface area contributed by atoms with Crippen molar-refractivity contribution in [3.8, 4) is 23.0 Å². The van der Waals surface area contributed by atoms with Gasteiger partial charge in [0.15, 0.2) is 47.2 Å². The number of hydrogen-bond acceptors (Lipinski definition) is 9. The van der Waals surface area contributed by atoms with Crippen LogP contribution in [-0.2, 0) is 35.3 Å². The van der Waals surface area contributed by atoms with Gasteiger partial charge in [0.25, 0.3) is 11.8 Å². The Morgan fingerprint density at radius 1 is 0.816 bits per heavy atom. The average molecular weight is 686 g/mol. The van der Waals surface area contributed by atoms with Gasteiger partial charge in [-0.2, -0.15) is 0 Å². The highest BCUT2D eigenvalue weighted by Gasteiger charge is 2.39. The average Bonchev–Trinajstić information content (AvgIpc) is 3.59. The van der Waals surface area contributed by atoms with Crippen LogP contribution in [0, 0.1) is 0 Å². The van der Waals surface area contributed by atoms with Crippen LogP contribution in [0.2, 0.25) is 5.15 Å². The zero-order valence-corrected chi connectivity index (χ0v) is 29.3. The summed E-state index contributed by atoms with van der Waals surface area (Å²) in [4.78, 5) is 33.3. The van der Waals surface area contributed by atoms with E-state index in [4.69, 9.17) is 30.5 Å². The number of halogens is 1. The fourth-order valence-electron chi connectivity index (χ4n) is 6.14. The van der Waals surface area contributed by atoms with E-state index < -0.39 is 11.2 Å². The van der Waals surface area contributed by atoms with Crippen molar-refractivity contribution in [2.24, 2.45) is 0 Å². The molecule has 0 saturated heterocycles. The van der Waals surface area contributed by atoms with Gasteiger partial charge >= 0.3 is 0 Å². The minimum Gasteiger partial charge on any atom is -0.483 e. The summed E-state index contributed by atoms with van der Waals surface area (Å²) in [7, 11) is 3.29. The highest BCUT2D eigenvalue weighted by molar-refractivity contribution is 6.29. The molecule has 2 aliphatic heterocycles. The molecular formula is C37H40ClN5O6. The number of nitrogens with zero attached hydrogens (tertiary/aromatic N) is 5. The van der Waals surface area contributed by atoms with Crippen LogP contribution >= 0.6 is 11.6 Å². The molecule has 0 aliphatic carbocycles. The Balaban J connectivity index is 1.15. The predicted octanol–water partition coefficient (Wildman–Crippen LogP) is 5.82. The van der Waals surface area contributed by atoms with Crippen LogP contribution in [0.5, 0.6) is 23.0 Å². The molecule has 4 aromatic rings. The Morgan fingerprint density at radius 2 is 1.51 bits per heavy atom. The summed E-state index contributed by atoms with van der Waals surface area (Å²) in [6, 6.07) is 16.8.